The van der Waals surface area contributed by atoms with Gasteiger partial charge in [-0.2, -0.15) is 0 Å². The average Bonchev–Trinajstić information content (AvgIpc) is 3.08. The van der Waals surface area contributed by atoms with Crippen LogP contribution in [0.1, 0.15) is 23.7 Å². The van der Waals surface area contributed by atoms with Gasteiger partial charge in [0.2, 0.25) is 0 Å². The number of anilines is 1. The van der Waals surface area contributed by atoms with Gasteiger partial charge in [-0.3, -0.25) is 0 Å². The Morgan fingerprint density at radius 2 is 2.00 bits per heavy atom. The van der Waals surface area contributed by atoms with Gasteiger partial charge < -0.3 is 9.73 Å². The third kappa shape index (κ3) is 3.19. The summed E-state index contributed by atoms with van der Waals surface area (Å²) < 4.78 is 6.40. The van der Waals surface area contributed by atoms with E-state index >= 15 is 0 Å². The normalized spacial score (nSPS) is 12.3. The molecule has 0 aliphatic heterocycles. The fraction of sp³-hybridized carbons (Fsp3) is 0.188. The standard InChI is InChI=1S/C16H15BrN2OS/c1-10(16-14(17)7-8-21-16)18-13-5-3-12(4-6-13)15-9-20-11(2)19-15/h3-10,18H,1-2H3. The van der Waals surface area contributed by atoms with E-state index in [-0.39, 0.29) is 6.04 Å². The van der Waals surface area contributed by atoms with E-state index in [1.165, 1.54) is 4.88 Å². The van der Waals surface area contributed by atoms with Crippen LogP contribution in [0.15, 0.2) is 50.9 Å². The maximum atomic E-state index is 5.25. The molecule has 0 fully saturated rings. The summed E-state index contributed by atoms with van der Waals surface area (Å²) in [7, 11) is 0. The molecule has 3 nitrogen and oxygen atoms in total. The Morgan fingerprint density at radius 3 is 2.57 bits per heavy atom. The van der Waals surface area contributed by atoms with Crippen LogP contribution in [-0.4, -0.2) is 4.98 Å². The largest absolute Gasteiger partial charge is 0.449 e. The molecule has 1 aromatic carbocycles. The van der Waals surface area contributed by atoms with Crippen molar-refractivity contribution in [2.75, 3.05) is 5.32 Å². The van der Waals surface area contributed by atoms with Crippen molar-refractivity contribution in [3.63, 3.8) is 0 Å². The van der Waals surface area contributed by atoms with Crippen molar-refractivity contribution in [1.82, 2.24) is 4.98 Å². The fourth-order valence-corrected chi connectivity index (χ4v) is 3.89. The van der Waals surface area contributed by atoms with Crippen LogP contribution in [-0.2, 0) is 0 Å². The molecule has 0 bridgehead atoms. The Labute approximate surface area is 136 Å². The summed E-state index contributed by atoms with van der Waals surface area (Å²) in [5.74, 6) is 0.684. The number of aromatic nitrogens is 1. The van der Waals surface area contributed by atoms with E-state index in [4.69, 9.17) is 4.42 Å². The molecule has 1 atom stereocenters. The third-order valence-electron chi connectivity index (χ3n) is 3.22. The predicted octanol–water partition coefficient (Wildman–Crippen LogP) is 5.65. The predicted molar refractivity (Wildman–Crippen MR) is 90.7 cm³/mol. The molecule has 1 N–H and O–H groups in total. The maximum absolute atomic E-state index is 5.25. The maximum Gasteiger partial charge on any atom is 0.191 e. The highest BCUT2D eigenvalue weighted by atomic mass is 79.9. The highest BCUT2D eigenvalue weighted by molar-refractivity contribution is 9.10. The lowest BCUT2D eigenvalue weighted by molar-refractivity contribution is 0.521. The highest BCUT2D eigenvalue weighted by Crippen LogP contribution is 2.31. The van der Waals surface area contributed by atoms with Crippen molar-refractivity contribution in [2.24, 2.45) is 0 Å². The fourth-order valence-electron chi connectivity index (χ4n) is 2.16. The second-order valence-electron chi connectivity index (χ2n) is 4.83. The van der Waals surface area contributed by atoms with Crippen molar-refractivity contribution in [1.29, 1.82) is 0 Å². The van der Waals surface area contributed by atoms with E-state index < -0.39 is 0 Å². The molecule has 2 aromatic heterocycles. The topological polar surface area (TPSA) is 38.1 Å². The van der Waals surface area contributed by atoms with E-state index in [0.29, 0.717) is 5.89 Å². The molecule has 3 rings (SSSR count). The van der Waals surface area contributed by atoms with Crippen LogP contribution in [0.25, 0.3) is 11.3 Å². The van der Waals surface area contributed by atoms with Gasteiger partial charge in [0.05, 0.1) is 6.04 Å². The molecular formula is C16H15BrN2OS. The number of thiophene rings is 1. The molecule has 0 aliphatic rings. The number of halogens is 1. The summed E-state index contributed by atoms with van der Waals surface area (Å²) in [5, 5.41) is 5.60. The number of aryl methyl sites for hydroxylation is 1. The van der Waals surface area contributed by atoms with Crippen LogP contribution in [0.2, 0.25) is 0 Å². The van der Waals surface area contributed by atoms with Gasteiger partial charge in [0, 0.05) is 27.5 Å². The minimum atomic E-state index is 0.263. The lowest BCUT2D eigenvalue weighted by Crippen LogP contribution is -2.05. The zero-order valence-electron chi connectivity index (χ0n) is 11.8. The third-order valence-corrected chi connectivity index (χ3v) is 5.27. The molecule has 0 spiro atoms. The Hall–Kier alpha value is -1.59. The molecule has 0 amide bonds. The van der Waals surface area contributed by atoms with Crippen molar-refractivity contribution in [2.45, 2.75) is 19.9 Å². The molecule has 2 heterocycles. The summed E-state index contributed by atoms with van der Waals surface area (Å²) >= 11 is 5.32. The van der Waals surface area contributed by atoms with Gasteiger partial charge >= 0.3 is 0 Å². The van der Waals surface area contributed by atoms with Gasteiger partial charge in [-0.05, 0) is 46.4 Å². The molecule has 3 aromatic rings. The SMILES string of the molecule is Cc1nc(-c2ccc(NC(C)c3sccc3Br)cc2)co1. The van der Waals surface area contributed by atoms with Crippen molar-refractivity contribution in [3.8, 4) is 11.3 Å². The Balaban J connectivity index is 1.74. The molecule has 1 unspecified atom stereocenters. The molecule has 0 radical (unpaired) electrons. The molecule has 108 valence electrons. The van der Waals surface area contributed by atoms with Crippen molar-refractivity contribution >= 4 is 33.0 Å². The summed E-state index contributed by atoms with van der Waals surface area (Å²) in [4.78, 5) is 5.63. The van der Waals surface area contributed by atoms with E-state index in [9.17, 15) is 0 Å². The first kappa shape index (κ1) is 14.4. The number of hydrogen-bond acceptors (Lipinski definition) is 4. The van der Waals surface area contributed by atoms with Gasteiger partial charge in [0.1, 0.15) is 12.0 Å². The van der Waals surface area contributed by atoms with E-state index in [2.05, 4.69) is 68.9 Å². The van der Waals surface area contributed by atoms with Gasteiger partial charge in [-0.1, -0.05) is 12.1 Å². The first-order chi connectivity index (χ1) is 10.1. The van der Waals surface area contributed by atoms with Gasteiger partial charge in [-0.25, -0.2) is 4.98 Å². The van der Waals surface area contributed by atoms with Crippen LogP contribution < -0.4 is 5.32 Å². The summed E-state index contributed by atoms with van der Waals surface area (Å²) in [5.41, 5.74) is 3.02. The first-order valence-corrected chi connectivity index (χ1v) is 8.33. The lowest BCUT2D eigenvalue weighted by Gasteiger charge is -2.14. The van der Waals surface area contributed by atoms with Crippen molar-refractivity contribution < 1.29 is 4.42 Å². The van der Waals surface area contributed by atoms with Gasteiger partial charge in [0.15, 0.2) is 5.89 Å². The minimum Gasteiger partial charge on any atom is -0.449 e. The molecule has 5 heteroatoms. The molecule has 0 saturated carbocycles. The monoisotopic (exact) mass is 362 g/mol. The molecule has 0 aliphatic carbocycles. The van der Waals surface area contributed by atoms with E-state index in [1.807, 2.05) is 6.92 Å². The average molecular weight is 363 g/mol. The zero-order valence-corrected chi connectivity index (χ0v) is 14.2. The number of nitrogens with one attached hydrogen (secondary N) is 1. The van der Waals surface area contributed by atoms with Crippen molar-refractivity contribution in [3.05, 3.63) is 57.2 Å². The molecule has 21 heavy (non-hydrogen) atoms. The van der Waals surface area contributed by atoms with E-state index in [1.54, 1.807) is 17.6 Å². The van der Waals surface area contributed by atoms with Crippen LogP contribution >= 0.6 is 27.3 Å². The van der Waals surface area contributed by atoms with Crippen LogP contribution in [0.3, 0.4) is 0 Å². The number of benzene rings is 1. The molecular weight excluding hydrogens is 348 g/mol. The highest BCUT2D eigenvalue weighted by Gasteiger charge is 2.11. The van der Waals surface area contributed by atoms with E-state index in [0.717, 1.165) is 21.4 Å². The smallest absolute Gasteiger partial charge is 0.191 e. The first-order valence-electron chi connectivity index (χ1n) is 6.65. The Bertz CT molecular complexity index is 733. The number of oxazole rings is 1. The number of hydrogen-bond donors (Lipinski definition) is 1. The molecule has 0 saturated heterocycles. The minimum absolute atomic E-state index is 0.263. The zero-order chi connectivity index (χ0) is 14.8. The number of nitrogens with zero attached hydrogens (tertiary/aromatic N) is 1. The Kier molecular flexibility index (Phi) is 4.12. The lowest BCUT2D eigenvalue weighted by atomic mass is 10.1. The van der Waals surface area contributed by atoms with Gasteiger partial charge in [0.25, 0.3) is 0 Å². The second kappa shape index (κ2) is 6.03. The second-order valence-corrected chi connectivity index (χ2v) is 6.63. The summed E-state index contributed by atoms with van der Waals surface area (Å²) in [6.07, 6.45) is 1.68. The quantitative estimate of drug-likeness (QED) is 0.651. The van der Waals surface area contributed by atoms with Crippen LogP contribution in [0.5, 0.6) is 0 Å². The van der Waals surface area contributed by atoms with Crippen LogP contribution in [0.4, 0.5) is 5.69 Å². The van der Waals surface area contributed by atoms with Crippen LogP contribution in [0, 0.1) is 6.92 Å². The summed E-state index contributed by atoms with van der Waals surface area (Å²) in [6, 6.07) is 10.6. The number of rotatable bonds is 4. The Morgan fingerprint density at radius 1 is 1.24 bits per heavy atom. The summed E-state index contributed by atoms with van der Waals surface area (Å²) in [6.45, 7) is 4.01. The van der Waals surface area contributed by atoms with Gasteiger partial charge in [-0.15, -0.1) is 11.3 Å².